The third-order valence-electron chi connectivity index (χ3n) is 7.17. The molecule has 3 aromatic rings. The van der Waals surface area contributed by atoms with Gasteiger partial charge in [-0.1, -0.05) is 57.2 Å². The lowest BCUT2D eigenvalue weighted by Crippen LogP contribution is -2.45. The maximum atomic E-state index is 15.0. The van der Waals surface area contributed by atoms with Crippen molar-refractivity contribution in [2.45, 2.75) is 46.1 Å². The number of nitrogens with zero attached hydrogens (tertiary/aromatic N) is 1. The Balaban J connectivity index is 1.44. The van der Waals surface area contributed by atoms with Crippen LogP contribution in [0.15, 0.2) is 54.7 Å². The van der Waals surface area contributed by atoms with Gasteiger partial charge in [0.25, 0.3) is 5.91 Å². The lowest BCUT2D eigenvalue weighted by molar-refractivity contribution is -0.127. The predicted octanol–water partition coefficient (Wildman–Crippen LogP) is 4.11. The van der Waals surface area contributed by atoms with E-state index < -0.39 is 28.9 Å². The van der Waals surface area contributed by atoms with Crippen LogP contribution in [0.5, 0.6) is 0 Å². The Morgan fingerprint density at radius 1 is 1.05 bits per heavy atom. The number of piperidine rings is 1. The van der Waals surface area contributed by atoms with Crippen molar-refractivity contribution in [2.75, 3.05) is 18.8 Å². The Kier molecular flexibility index (Phi) is 8.92. The maximum absolute atomic E-state index is 15.0. The van der Waals surface area contributed by atoms with Crippen LogP contribution in [0, 0.1) is 22.1 Å². The number of nitrogens with two attached hydrogens (primary N) is 1. The van der Waals surface area contributed by atoms with Gasteiger partial charge in [0.2, 0.25) is 5.91 Å². The Hall–Kier alpha value is -4.44. The van der Waals surface area contributed by atoms with Gasteiger partial charge in [-0.25, -0.2) is 9.37 Å². The van der Waals surface area contributed by atoms with E-state index >= 15 is 0 Å². The largest absolute Gasteiger partial charge is 0.383 e. The summed E-state index contributed by atoms with van der Waals surface area (Å²) in [4.78, 5) is 28.5. The van der Waals surface area contributed by atoms with Crippen LogP contribution in [0.1, 0.15) is 61.8 Å². The van der Waals surface area contributed by atoms with Gasteiger partial charge in [-0.15, -0.1) is 0 Å². The summed E-state index contributed by atoms with van der Waals surface area (Å²) in [6.45, 7) is 6.84. The topological polar surface area (TPSA) is 157 Å². The second-order valence-corrected chi connectivity index (χ2v) is 11.2. The number of amidine groups is 1. The zero-order valence-corrected chi connectivity index (χ0v) is 23.5. The molecule has 214 valence electrons. The van der Waals surface area contributed by atoms with Gasteiger partial charge in [-0.2, -0.15) is 0 Å². The zero-order chi connectivity index (χ0) is 29.7. The molecule has 9 nitrogen and oxygen atoms in total. The minimum atomic E-state index is -0.835. The summed E-state index contributed by atoms with van der Waals surface area (Å²) in [6.07, 6.45) is 3.90. The number of anilines is 1. The number of carbonyl (C=O) groups excluding carboxylic acids is 2. The lowest BCUT2D eigenvalue weighted by Gasteiger charge is -2.23. The summed E-state index contributed by atoms with van der Waals surface area (Å²) in [6, 6.07) is 14.4. The number of carbonyl (C=O) groups is 2. The van der Waals surface area contributed by atoms with Crippen LogP contribution in [-0.2, 0) is 16.1 Å². The molecule has 4 rings (SSSR count). The summed E-state index contributed by atoms with van der Waals surface area (Å²) in [5.41, 5.74) is 9.28. The van der Waals surface area contributed by atoms with Gasteiger partial charge in [0.1, 0.15) is 11.6 Å². The van der Waals surface area contributed by atoms with E-state index in [-0.39, 0.29) is 23.6 Å². The number of aromatic nitrogens is 1. The normalized spacial score (nSPS) is 13.9. The lowest BCUT2D eigenvalue weighted by atomic mass is 9.89. The summed E-state index contributed by atoms with van der Waals surface area (Å²) in [5, 5.41) is 24.6. The van der Waals surface area contributed by atoms with E-state index in [9.17, 15) is 14.0 Å². The molecule has 10 heteroatoms. The maximum Gasteiger partial charge on any atom is 0.286 e. The fourth-order valence-electron chi connectivity index (χ4n) is 4.56. The average molecular weight is 558 g/mol. The number of pyridine rings is 1. The van der Waals surface area contributed by atoms with E-state index in [4.69, 9.17) is 16.6 Å². The van der Waals surface area contributed by atoms with Gasteiger partial charge in [0.05, 0.1) is 5.71 Å². The van der Waals surface area contributed by atoms with E-state index in [1.807, 2.05) is 0 Å². The molecule has 1 aromatic heterocycles. The van der Waals surface area contributed by atoms with E-state index in [0.29, 0.717) is 17.0 Å². The number of halogens is 1. The molecule has 2 aromatic carbocycles. The number of hydrogen-bond donors (Lipinski definition) is 6. The first-order chi connectivity index (χ1) is 19.4. The smallest absolute Gasteiger partial charge is 0.286 e. The number of benzene rings is 2. The highest BCUT2D eigenvalue weighted by molar-refractivity contribution is 6.39. The minimum Gasteiger partial charge on any atom is -0.383 e. The standard InChI is InChI=1S/C31H36FN7O2/c1-31(2,3)30(41)39-28(35)29(40)38-16-22-9-8-21(15-25(22)32)26(33)24-14-23(17-37-27(24)34)19-6-4-18(5-7-19)20-10-12-36-13-11-20/h4-9,14-15,17,20,33,36H,10-13,16H2,1-3H3,(H2,34,37)(H,38,40)(H2,35,39,41). The molecule has 1 saturated heterocycles. The van der Waals surface area contributed by atoms with Gasteiger partial charge in [-0.3, -0.25) is 20.4 Å². The molecular formula is C31H36FN7O2. The molecule has 41 heavy (non-hydrogen) atoms. The van der Waals surface area contributed by atoms with E-state index in [2.05, 4.69) is 45.2 Å². The molecule has 0 aliphatic carbocycles. The van der Waals surface area contributed by atoms with Crippen molar-refractivity contribution in [1.29, 1.82) is 10.8 Å². The molecule has 0 radical (unpaired) electrons. The summed E-state index contributed by atoms with van der Waals surface area (Å²) >= 11 is 0. The molecule has 2 amide bonds. The Labute approximate surface area is 239 Å². The minimum absolute atomic E-state index is 0.0179. The van der Waals surface area contributed by atoms with Gasteiger partial charge in [0, 0.05) is 40.4 Å². The number of hydrogen-bond acceptors (Lipinski definition) is 7. The highest BCUT2D eigenvalue weighted by atomic mass is 19.1. The molecule has 0 atom stereocenters. The van der Waals surface area contributed by atoms with Crippen molar-refractivity contribution in [3.8, 4) is 11.1 Å². The van der Waals surface area contributed by atoms with Gasteiger partial charge < -0.3 is 21.7 Å². The van der Waals surface area contributed by atoms with E-state index in [0.717, 1.165) is 37.1 Å². The van der Waals surface area contributed by atoms with Crippen molar-refractivity contribution >= 4 is 29.2 Å². The van der Waals surface area contributed by atoms with Gasteiger partial charge >= 0.3 is 0 Å². The third-order valence-corrected chi connectivity index (χ3v) is 7.17. The van der Waals surface area contributed by atoms with Gasteiger partial charge in [-0.05, 0) is 55.1 Å². The second kappa shape index (κ2) is 12.4. The first-order valence-corrected chi connectivity index (χ1v) is 13.6. The van der Waals surface area contributed by atoms with Crippen LogP contribution in [0.3, 0.4) is 0 Å². The Morgan fingerprint density at radius 2 is 1.73 bits per heavy atom. The quantitative estimate of drug-likeness (QED) is 0.199. The van der Waals surface area contributed by atoms with Crippen LogP contribution < -0.4 is 21.7 Å². The van der Waals surface area contributed by atoms with E-state index in [1.165, 1.54) is 17.7 Å². The monoisotopic (exact) mass is 557 g/mol. The fraction of sp³-hybridized carbons (Fsp3) is 0.323. The molecule has 7 N–H and O–H groups in total. The van der Waals surface area contributed by atoms with Crippen molar-refractivity contribution < 1.29 is 14.0 Å². The molecule has 1 aliphatic rings. The highest BCUT2D eigenvalue weighted by Crippen LogP contribution is 2.29. The SMILES string of the molecule is CC(C)(C)C(=O)NC(=N)C(=O)NCc1ccc(C(=N)c2cc(-c3ccc(C4CCNCC4)cc3)cnc2N)cc1F. The molecular weight excluding hydrogens is 521 g/mol. The number of rotatable bonds is 6. The molecule has 0 unspecified atom stereocenters. The number of nitrogens with one attached hydrogen (secondary N) is 5. The summed E-state index contributed by atoms with van der Waals surface area (Å²) < 4.78 is 15.0. The molecule has 2 heterocycles. The number of amides is 2. The van der Waals surface area contributed by atoms with Crippen LogP contribution >= 0.6 is 0 Å². The molecule has 0 saturated carbocycles. The summed E-state index contributed by atoms with van der Waals surface area (Å²) in [5.74, 6) is -1.84. The Bertz CT molecular complexity index is 1470. The average Bonchev–Trinajstić information content (AvgIpc) is 2.96. The van der Waals surface area contributed by atoms with Crippen molar-refractivity contribution in [3.63, 3.8) is 0 Å². The first-order valence-electron chi connectivity index (χ1n) is 13.6. The predicted molar refractivity (Wildman–Crippen MR) is 158 cm³/mol. The van der Waals surface area contributed by atoms with Crippen LogP contribution in [-0.4, -0.2) is 41.4 Å². The third kappa shape index (κ3) is 7.20. The van der Waals surface area contributed by atoms with Crippen LogP contribution in [0.4, 0.5) is 10.2 Å². The van der Waals surface area contributed by atoms with Gasteiger partial charge in [0.15, 0.2) is 5.84 Å². The summed E-state index contributed by atoms with van der Waals surface area (Å²) in [7, 11) is 0. The zero-order valence-electron chi connectivity index (χ0n) is 23.5. The van der Waals surface area contributed by atoms with Crippen LogP contribution in [0.25, 0.3) is 11.1 Å². The van der Waals surface area contributed by atoms with Crippen molar-refractivity contribution in [3.05, 3.63) is 82.8 Å². The van der Waals surface area contributed by atoms with Crippen molar-refractivity contribution in [1.82, 2.24) is 20.9 Å². The second-order valence-electron chi connectivity index (χ2n) is 11.2. The first kappa shape index (κ1) is 29.5. The molecule has 0 bridgehead atoms. The fourth-order valence-corrected chi connectivity index (χ4v) is 4.56. The molecule has 0 spiro atoms. The molecule has 1 fully saturated rings. The number of nitrogen functional groups attached to an aromatic ring is 1. The van der Waals surface area contributed by atoms with Crippen LogP contribution in [0.2, 0.25) is 0 Å². The highest BCUT2D eigenvalue weighted by Gasteiger charge is 2.24. The molecule has 1 aliphatic heterocycles. The Morgan fingerprint density at radius 3 is 2.37 bits per heavy atom. The van der Waals surface area contributed by atoms with Crippen molar-refractivity contribution in [2.24, 2.45) is 5.41 Å². The van der Waals surface area contributed by atoms with E-state index in [1.54, 1.807) is 39.1 Å².